The molecule has 0 bridgehead atoms. The van der Waals surface area contributed by atoms with Crippen LogP contribution in [0, 0.1) is 0 Å². The van der Waals surface area contributed by atoms with Gasteiger partial charge in [-0.15, -0.1) is 10.2 Å². The maximum absolute atomic E-state index is 12.8. The van der Waals surface area contributed by atoms with Crippen molar-refractivity contribution in [3.8, 4) is 0 Å². The molecule has 5 aromatic rings. The largest absolute Gasteiger partial charge is 0.448 e. The summed E-state index contributed by atoms with van der Waals surface area (Å²) < 4.78 is 7.67. The molecule has 0 aliphatic heterocycles. The van der Waals surface area contributed by atoms with Gasteiger partial charge in [0.15, 0.2) is 4.34 Å². The van der Waals surface area contributed by atoms with Crippen LogP contribution in [0.3, 0.4) is 0 Å². The summed E-state index contributed by atoms with van der Waals surface area (Å²) in [6.45, 7) is -0.184. The molecule has 0 aliphatic carbocycles. The molecule has 0 fully saturated rings. The zero-order valence-electron chi connectivity index (χ0n) is 15.3. The van der Waals surface area contributed by atoms with Gasteiger partial charge in [0, 0.05) is 10.3 Å². The molecule has 0 aliphatic rings. The van der Waals surface area contributed by atoms with E-state index in [1.165, 1.54) is 34.0 Å². The minimum Gasteiger partial charge on any atom is -0.448 e. The van der Waals surface area contributed by atoms with Crippen LogP contribution in [0.25, 0.3) is 22.1 Å². The summed E-state index contributed by atoms with van der Waals surface area (Å²) in [5.74, 6) is -0.348. The Bertz CT molecular complexity index is 1430. The Morgan fingerprint density at radius 2 is 2.00 bits per heavy atom. The molecule has 30 heavy (non-hydrogen) atoms. The summed E-state index contributed by atoms with van der Waals surface area (Å²) in [5.41, 5.74) is 3.10. The predicted molar refractivity (Wildman–Crippen MR) is 115 cm³/mol. The fourth-order valence-electron chi connectivity index (χ4n) is 3.03. The number of carbonyl (C=O) groups is 1. The Hall–Kier alpha value is -3.50. The number of nitrogens with one attached hydrogen (secondary N) is 1. The average Bonchev–Trinajstić information content (AvgIpc) is 3.39. The van der Waals surface area contributed by atoms with E-state index >= 15 is 0 Å². The number of benzene rings is 2. The standard InChI is InChI=1S/C20H13N5O3S2/c26-16(23-13-6-2-4-8-15(13)30-20-24-22-11-29-20)9-25-10-21-17-12-5-1-3-7-14(12)28-18(17)19(25)27/h1-8,10-11H,9H2,(H,23,26). The fourth-order valence-corrected chi connectivity index (χ4v) is 4.55. The van der Waals surface area contributed by atoms with Crippen LogP contribution >= 0.6 is 23.1 Å². The molecule has 0 unspecified atom stereocenters. The Morgan fingerprint density at radius 3 is 2.87 bits per heavy atom. The van der Waals surface area contributed by atoms with Gasteiger partial charge in [-0.2, -0.15) is 0 Å². The van der Waals surface area contributed by atoms with Gasteiger partial charge in [-0.25, -0.2) is 4.98 Å². The quantitative estimate of drug-likeness (QED) is 0.448. The first-order valence-corrected chi connectivity index (χ1v) is 10.6. The second kappa shape index (κ2) is 7.73. The molecule has 0 radical (unpaired) electrons. The number of amides is 1. The predicted octanol–water partition coefficient (Wildman–Crippen LogP) is 3.78. The summed E-state index contributed by atoms with van der Waals surface area (Å²) in [7, 11) is 0. The summed E-state index contributed by atoms with van der Waals surface area (Å²) in [6.07, 6.45) is 1.37. The summed E-state index contributed by atoms with van der Waals surface area (Å²) in [6, 6.07) is 14.7. The van der Waals surface area contributed by atoms with Gasteiger partial charge in [0.2, 0.25) is 11.5 Å². The lowest BCUT2D eigenvalue weighted by molar-refractivity contribution is -0.116. The number of furan rings is 1. The Kier molecular flexibility index (Phi) is 4.77. The molecule has 5 rings (SSSR count). The third kappa shape index (κ3) is 3.46. The number of fused-ring (bicyclic) bond motifs is 3. The lowest BCUT2D eigenvalue weighted by atomic mass is 10.2. The van der Waals surface area contributed by atoms with Crippen LogP contribution in [0.5, 0.6) is 0 Å². The first-order chi connectivity index (χ1) is 14.7. The number of hydrogen-bond donors (Lipinski definition) is 1. The molecular formula is C20H13N5O3S2. The maximum Gasteiger partial charge on any atom is 0.297 e. The van der Waals surface area contributed by atoms with Crippen molar-refractivity contribution in [3.05, 3.63) is 70.7 Å². The van der Waals surface area contributed by atoms with E-state index in [4.69, 9.17) is 4.42 Å². The van der Waals surface area contributed by atoms with Crippen molar-refractivity contribution in [2.75, 3.05) is 5.32 Å². The van der Waals surface area contributed by atoms with E-state index in [0.29, 0.717) is 16.8 Å². The lowest BCUT2D eigenvalue weighted by Gasteiger charge is -2.10. The van der Waals surface area contributed by atoms with Crippen LogP contribution in [0.15, 0.2) is 78.8 Å². The molecule has 1 amide bonds. The SMILES string of the molecule is O=C(Cn1cnc2c(oc3ccccc32)c1=O)Nc1ccccc1Sc1nncs1. The zero-order chi connectivity index (χ0) is 20.5. The maximum atomic E-state index is 12.8. The van der Waals surface area contributed by atoms with Crippen molar-refractivity contribution in [2.24, 2.45) is 0 Å². The first kappa shape index (κ1) is 18.5. The van der Waals surface area contributed by atoms with Gasteiger partial charge in [0.05, 0.1) is 12.0 Å². The second-order valence-electron chi connectivity index (χ2n) is 6.30. The number of rotatable bonds is 5. The Morgan fingerprint density at radius 1 is 1.17 bits per heavy atom. The minimum atomic E-state index is -0.400. The fraction of sp³-hybridized carbons (Fsp3) is 0.0500. The van der Waals surface area contributed by atoms with Crippen molar-refractivity contribution < 1.29 is 9.21 Å². The van der Waals surface area contributed by atoms with Crippen molar-refractivity contribution in [2.45, 2.75) is 15.8 Å². The number of aromatic nitrogens is 4. The Labute approximate surface area is 177 Å². The van der Waals surface area contributed by atoms with Crippen molar-refractivity contribution >= 4 is 56.8 Å². The number of carbonyl (C=O) groups excluding carboxylic acids is 1. The highest BCUT2D eigenvalue weighted by atomic mass is 32.2. The lowest BCUT2D eigenvalue weighted by Crippen LogP contribution is -2.27. The molecule has 10 heteroatoms. The highest BCUT2D eigenvalue weighted by Crippen LogP contribution is 2.33. The molecule has 2 aromatic carbocycles. The molecule has 1 N–H and O–H groups in total. The third-order valence-electron chi connectivity index (χ3n) is 4.36. The molecule has 0 spiro atoms. The number of nitrogens with zero attached hydrogens (tertiary/aromatic N) is 4. The van der Waals surface area contributed by atoms with Gasteiger partial charge >= 0.3 is 0 Å². The summed E-state index contributed by atoms with van der Waals surface area (Å²) in [5, 5.41) is 11.5. The van der Waals surface area contributed by atoms with Gasteiger partial charge in [-0.1, -0.05) is 47.4 Å². The highest BCUT2D eigenvalue weighted by Gasteiger charge is 2.15. The van der Waals surface area contributed by atoms with Gasteiger partial charge in [-0.05, 0) is 24.3 Å². The number of para-hydroxylation sites is 2. The summed E-state index contributed by atoms with van der Waals surface area (Å²) >= 11 is 2.83. The molecular weight excluding hydrogens is 422 g/mol. The molecule has 8 nitrogen and oxygen atoms in total. The second-order valence-corrected chi connectivity index (χ2v) is 8.43. The molecule has 148 valence electrons. The molecule has 3 heterocycles. The topological polar surface area (TPSA) is 103 Å². The third-order valence-corrected chi connectivity index (χ3v) is 6.22. The molecule has 0 saturated heterocycles. The number of hydrogen-bond acceptors (Lipinski definition) is 8. The van der Waals surface area contributed by atoms with Crippen molar-refractivity contribution in [3.63, 3.8) is 0 Å². The van der Waals surface area contributed by atoms with E-state index in [-0.39, 0.29) is 18.0 Å². The molecule has 0 saturated carbocycles. The van der Waals surface area contributed by atoms with E-state index in [1.54, 1.807) is 17.6 Å². The van der Waals surface area contributed by atoms with Gasteiger partial charge in [0.1, 0.15) is 23.2 Å². The zero-order valence-corrected chi connectivity index (χ0v) is 16.9. The van der Waals surface area contributed by atoms with Crippen LogP contribution in [-0.2, 0) is 11.3 Å². The van der Waals surface area contributed by atoms with Crippen molar-refractivity contribution in [1.82, 2.24) is 19.7 Å². The van der Waals surface area contributed by atoms with E-state index < -0.39 is 5.56 Å². The smallest absolute Gasteiger partial charge is 0.297 e. The van der Waals surface area contributed by atoms with Gasteiger partial charge < -0.3 is 9.73 Å². The first-order valence-electron chi connectivity index (χ1n) is 8.88. The van der Waals surface area contributed by atoms with E-state index in [2.05, 4.69) is 20.5 Å². The molecule has 3 aromatic heterocycles. The van der Waals surface area contributed by atoms with Gasteiger partial charge in [0.25, 0.3) is 5.56 Å². The van der Waals surface area contributed by atoms with Crippen molar-refractivity contribution in [1.29, 1.82) is 0 Å². The van der Waals surface area contributed by atoms with Gasteiger partial charge in [-0.3, -0.25) is 14.2 Å². The highest BCUT2D eigenvalue weighted by molar-refractivity contribution is 8.01. The summed E-state index contributed by atoms with van der Waals surface area (Å²) in [4.78, 5) is 30.6. The van der Waals surface area contributed by atoms with E-state index in [0.717, 1.165) is 14.6 Å². The van der Waals surface area contributed by atoms with Crippen LogP contribution < -0.4 is 10.9 Å². The minimum absolute atomic E-state index is 0.138. The number of anilines is 1. The van der Waals surface area contributed by atoms with Crippen LogP contribution in [-0.4, -0.2) is 25.7 Å². The van der Waals surface area contributed by atoms with E-state index in [9.17, 15) is 9.59 Å². The monoisotopic (exact) mass is 435 g/mol. The van der Waals surface area contributed by atoms with Crippen LogP contribution in [0.1, 0.15) is 0 Å². The van der Waals surface area contributed by atoms with E-state index in [1.807, 2.05) is 36.4 Å². The Balaban J connectivity index is 1.40. The van der Waals surface area contributed by atoms with Crippen LogP contribution in [0.4, 0.5) is 5.69 Å². The normalized spacial score (nSPS) is 11.2. The molecule has 0 atom stereocenters. The van der Waals surface area contributed by atoms with Crippen LogP contribution in [0.2, 0.25) is 0 Å². The average molecular weight is 435 g/mol.